The highest BCUT2D eigenvalue weighted by Crippen LogP contribution is 2.09. The summed E-state index contributed by atoms with van der Waals surface area (Å²) < 4.78 is 1.09. The topological polar surface area (TPSA) is 37.3 Å². The Morgan fingerprint density at radius 1 is 1.43 bits per heavy atom. The molecule has 0 atom stereocenters. The van der Waals surface area contributed by atoms with Crippen LogP contribution in [0.1, 0.15) is 18.4 Å². The molecule has 14 heavy (non-hydrogen) atoms. The molecule has 72 valence electrons. The maximum atomic E-state index is 10.2. The molecule has 0 aromatic heterocycles. The maximum absolute atomic E-state index is 10.2. The van der Waals surface area contributed by atoms with Gasteiger partial charge in [0.2, 0.25) is 0 Å². The van der Waals surface area contributed by atoms with Crippen LogP contribution in [0, 0.1) is 15.4 Å². The molecule has 1 N–H and O–H groups in total. The first kappa shape index (κ1) is 11.1. The summed E-state index contributed by atoms with van der Waals surface area (Å²) in [5.41, 5.74) is 0.957. The number of hydrogen-bond acceptors (Lipinski definition) is 1. The molecule has 2 nitrogen and oxygen atoms in total. The van der Waals surface area contributed by atoms with Crippen molar-refractivity contribution in [2.75, 3.05) is 0 Å². The summed E-state index contributed by atoms with van der Waals surface area (Å²) in [6.07, 6.45) is 0.511. The number of halogens is 1. The van der Waals surface area contributed by atoms with Crippen molar-refractivity contribution in [3.05, 3.63) is 33.4 Å². The third-order valence-corrected chi connectivity index (χ3v) is 2.50. The van der Waals surface area contributed by atoms with Crippen molar-refractivity contribution in [2.45, 2.75) is 12.8 Å². The molecule has 0 radical (unpaired) electrons. The molecule has 3 heteroatoms. The summed E-state index contributed by atoms with van der Waals surface area (Å²) in [6.45, 7) is 0. The molecule has 0 amide bonds. The van der Waals surface area contributed by atoms with Gasteiger partial charge in [-0.1, -0.05) is 24.0 Å². The van der Waals surface area contributed by atoms with Gasteiger partial charge in [0.15, 0.2) is 0 Å². The zero-order chi connectivity index (χ0) is 10.4. The zero-order valence-corrected chi connectivity index (χ0v) is 9.61. The molecule has 0 aliphatic rings. The number of benzene rings is 1. The van der Waals surface area contributed by atoms with Crippen molar-refractivity contribution in [1.29, 1.82) is 0 Å². The van der Waals surface area contributed by atoms with E-state index in [1.165, 1.54) is 0 Å². The fraction of sp³-hybridized carbons (Fsp3) is 0.182. The van der Waals surface area contributed by atoms with E-state index in [1.54, 1.807) is 0 Å². The summed E-state index contributed by atoms with van der Waals surface area (Å²) in [4.78, 5) is 10.2. The molecule has 0 saturated carbocycles. The Bertz CT molecular complexity index is 388. The highest BCUT2D eigenvalue weighted by atomic mass is 127. The molecule has 0 fully saturated rings. The smallest absolute Gasteiger partial charge is 0.304 e. The van der Waals surface area contributed by atoms with Crippen molar-refractivity contribution in [3.8, 4) is 11.8 Å². The van der Waals surface area contributed by atoms with Gasteiger partial charge in [0.1, 0.15) is 0 Å². The van der Waals surface area contributed by atoms with Crippen molar-refractivity contribution >= 4 is 28.6 Å². The van der Waals surface area contributed by atoms with E-state index in [-0.39, 0.29) is 6.42 Å². The van der Waals surface area contributed by atoms with Gasteiger partial charge in [0.05, 0.1) is 6.42 Å². The molecular formula is C11H9IO2. The molecule has 0 bridgehead atoms. The first-order chi connectivity index (χ1) is 6.70. The molecule has 1 aromatic carbocycles. The van der Waals surface area contributed by atoms with Crippen LogP contribution in [-0.4, -0.2) is 11.1 Å². The fourth-order valence-electron chi connectivity index (χ4n) is 0.890. The van der Waals surface area contributed by atoms with Crippen molar-refractivity contribution < 1.29 is 9.90 Å². The number of hydrogen-bond donors (Lipinski definition) is 1. The minimum absolute atomic E-state index is 0.108. The van der Waals surface area contributed by atoms with Gasteiger partial charge >= 0.3 is 5.97 Å². The highest BCUT2D eigenvalue weighted by molar-refractivity contribution is 14.1. The molecule has 0 heterocycles. The summed E-state index contributed by atoms with van der Waals surface area (Å²) in [5, 5.41) is 8.40. The molecule has 1 rings (SSSR count). The summed E-state index contributed by atoms with van der Waals surface area (Å²) in [5.74, 6) is 4.98. The van der Waals surface area contributed by atoms with Crippen LogP contribution >= 0.6 is 22.6 Å². The summed E-state index contributed by atoms with van der Waals surface area (Å²) in [6, 6.07) is 7.77. The molecule has 0 unspecified atom stereocenters. The number of carboxylic acids is 1. The lowest BCUT2D eigenvalue weighted by atomic mass is 10.2. The Balaban J connectivity index is 2.59. The van der Waals surface area contributed by atoms with Gasteiger partial charge in [0.25, 0.3) is 0 Å². The second-order valence-electron chi connectivity index (χ2n) is 2.68. The number of carboxylic acid groups (broad SMARTS) is 1. The zero-order valence-electron chi connectivity index (χ0n) is 7.46. The predicted octanol–water partition coefficient (Wildman–Crippen LogP) is 2.51. The van der Waals surface area contributed by atoms with E-state index >= 15 is 0 Å². The van der Waals surface area contributed by atoms with E-state index < -0.39 is 5.97 Å². The van der Waals surface area contributed by atoms with E-state index in [2.05, 4.69) is 34.4 Å². The van der Waals surface area contributed by atoms with E-state index in [0.29, 0.717) is 6.42 Å². The van der Waals surface area contributed by atoms with Gasteiger partial charge in [-0.25, -0.2) is 0 Å². The van der Waals surface area contributed by atoms with E-state index in [0.717, 1.165) is 9.13 Å². The molecule has 0 aliphatic heterocycles. The predicted molar refractivity (Wildman–Crippen MR) is 62.9 cm³/mol. The van der Waals surface area contributed by atoms with Crippen LogP contribution < -0.4 is 0 Å². The Morgan fingerprint density at radius 2 is 2.14 bits per heavy atom. The van der Waals surface area contributed by atoms with Gasteiger partial charge in [-0.15, -0.1) is 0 Å². The molecule has 1 aromatic rings. The second kappa shape index (κ2) is 5.66. The van der Waals surface area contributed by atoms with Gasteiger partial charge in [0, 0.05) is 15.6 Å². The minimum atomic E-state index is -0.804. The Kier molecular flexibility index (Phi) is 4.47. The van der Waals surface area contributed by atoms with Crippen LogP contribution in [0.15, 0.2) is 24.3 Å². The number of rotatable bonds is 2. The van der Waals surface area contributed by atoms with Gasteiger partial charge in [-0.2, -0.15) is 0 Å². The third kappa shape index (κ3) is 3.79. The molecular weight excluding hydrogens is 291 g/mol. The molecule has 0 saturated heterocycles. The largest absolute Gasteiger partial charge is 0.481 e. The van der Waals surface area contributed by atoms with Crippen LogP contribution in [0.25, 0.3) is 0 Å². The van der Waals surface area contributed by atoms with Crippen molar-refractivity contribution in [3.63, 3.8) is 0 Å². The first-order valence-corrected chi connectivity index (χ1v) is 5.23. The maximum Gasteiger partial charge on any atom is 0.304 e. The monoisotopic (exact) mass is 300 g/mol. The molecule has 0 aliphatic carbocycles. The normalized spacial score (nSPS) is 8.93. The highest BCUT2D eigenvalue weighted by Gasteiger charge is 1.93. The Hall–Kier alpha value is -1.02. The molecule has 0 spiro atoms. The number of aliphatic carboxylic acids is 1. The van der Waals surface area contributed by atoms with Gasteiger partial charge in [-0.05, 0) is 34.7 Å². The number of carbonyl (C=O) groups is 1. The Labute approximate surface area is 96.5 Å². The van der Waals surface area contributed by atoms with E-state index in [1.807, 2.05) is 24.3 Å². The standard InChI is InChI=1S/C11H9IO2/c12-10-7-3-1-5-9(10)6-2-4-8-11(13)14/h1,3,5,7H,4,8H2,(H,13,14). The second-order valence-corrected chi connectivity index (χ2v) is 3.84. The Morgan fingerprint density at radius 3 is 2.79 bits per heavy atom. The van der Waals surface area contributed by atoms with Crippen molar-refractivity contribution in [2.24, 2.45) is 0 Å². The van der Waals surface area contributed by atoms with Gasteiger partial charge < -0.3 is 5.11 Å². The minimum Gasteiger partial charge on any atom is -0.481 e. The average molecular weight is 300 g/mol. The fourth-order valence-corrected chi connectivity index (χ4v) is 1.41. The van der Waals surface area contributed by atoms with Crippen LogP contribution in [0.4, 0.5) is 0 Å². The quantitative estimate of drug-likeness (QED) is 0.673. The van der Waals surface area contributed by atoms with E-state index in [4.69, 9.17) is 5.11 Å². The lowest BCUT2D eigenvalue weighted by Crippen LogP contribution is -1.91. The third-order valence-electron chi connectivity index (χ3n) is 1.56. The van der Waals surface area contributed by atoms with Crippen LogP contribution in [-0.2, 0) is 4.79 Å². The first-order valence-electron chi connectivity index (χ1n) is 4.15. The van der Waals surface area contributed by atoms with Crippen LogP contribution in [0.2, 0.25) is 0 Å². The summed E-state index contributed by atoms with van der Waals surface area (Å²) >= 11 is 2.21. The van der Waals surface area contributed by atoms with Crippen molar-refractivity contribution in [1.82, 2.24) is 0 Å². The lowest BCUT2D eigenvalue weighted by Gasteiger charge is -1.92. The van der Waals surface area contributed by atoms with Crippen LogP contribution in [0.5, 0.6) is 0 Å². The summed E-state index contributed by atoms with van der Waals surface area (Å²) in [7, 11) is 0. The van der Waals surface area contributed by atoms with Crippen LogP contribution in [0.3, 0.4) is 0 Å². The van der Waals surface area contributed by atoms with Gasteiger partial charge in [-0.3, -0.25) is 4.79 Å². The SMILES string of the molecule is O=C(O)CCC#Cc1ccccc1I. The van der Waals surface area contributed by atoms with E-state index in [9.17, 15) is 4.79 Å². The average Bonchev–Trinajstić information content (AvgIpc) is 2.15. The lowest BCUT2D eigenvalue weighted by molar-refractivity contribution is -0.136.